The van der Waals surface area contributed by atoms with Gasteiger partial charge in [-0.15, -0.1) is 22.7 Å². The zero-order valence-electron chi connectivity index (χ0n) is 33.6. The Morgan fingerprint density at radius 1 is 0.417 bits per heavy atom. The molecule has 12 rings (SSSR count). The van der Waals surface area contributed by atoms with Crippen LogP contribution in [0, 0.1) is 0 Å². The summed E-state index contributed by atoms with van der Waals surface area (Å²) in [6.07, 6.45) is 2.22. The van der Waals surface area contributed by atoms with Crippen molar-refractivity contribution in [2.75, 3.05) is 4.90 Å². The van der Waals surface area contributed by atoms with Crippen LogP contribution in [0.15, 0.2) is 194 Å². The molecule has 8 aromatic carbocycles. The molecule has 0 saturated carbocycles. The van der Waals surface area contributed by atoms with E-state index >= 15 is 0 Å². The second-order valence-corrected chi connectivity index (χ2v) is 18.8. The number of anilines is 3. The van der Waals surface area contributed by atoms with Crippen molar-refractivity contribution in [1.29, 1.82) is 0 Å². The fourth-order valence-corrected chi connectivity index (χ4v) is 12.8. The van der Waals surface area contributed by atoms with Gasteiger partial charge >= 0.3 is 0 Å². The van der Waals surface area contributed by atoms with Crippen molar-refractivity contribution in [3.63, 3.8) is 0 Å². The van der Waals surface area contributed by atoms with Crippen LogP contribution in [0.25, 0.3) is 69.2 Å². The highest BCUT2D eigenvalue weighted by Gasteiger charge is 2.41. The summed E-state index contributed by atoms with van der Waals surface area (Å²) in [7, 11) is 0. The molecule has 0 unspecified atom stereocenters. The minimum Gasteiger partial charge on any atom is -0.311 e. The fourth-order valence-electron chi connectivity index (χ4n) is 10.1. The first-order valence-electron chi connectivity index (χ1n) is 21.0. The molecule has 2 aromatic heterocycles. The summed E-state index contributed by atoms with van der Waals surface area (Å²) in [5.41, 5.74) is 18.5. The van der Waals surface area contributed by atoms with E-state index in [0.29, 0.717) is 0 Å². The molecule has 2 heterocycles. The predicted molar refractivity (Wildman–Crippen MR) is 260 cm³/mol. The fraction of sp³-hybridized carbons (Fsp3) is 0.0877. The Morgan fingerprint density at radius 3 is 1.62 bits per heavy atom. The molecule has 10 aromatic rings. The molecule has 1 nitrogen and oxygen atoms in total. The lowest BCUT2D eigenvalue weighted by Gasteiger charge is -2.27. The van der Waals surface area contributed by atoms with Gasteiger partial charge in [0, 0.05) is 52.2 Å². The summed E-state index contributed by atoms with van der Waals surface area (Å²) >= 11 is 3.88. The molecule has 0 spiro atoms. The summed E-state index contributed by atoms with van der Waals surface area (Å²) in [6.45, 7) is 4.84. The number of fused-ring (bicyclic) bond motifs is 9. The van der Waals surface area contributed by atoms with Gasteiger partial charge in [0.25, 0.3) is 0 Å². The van der Waals surface area contributed by atoms with Crippen LogP contribution in [-0.4, -0.2) is 0 Å². The third-order valence-electron chi connectivity index (χ3n) is 13.1. The maximum Gasteiger partial charge on any atom is 0.0462 e. The van der Waals surface area contributed by atoms with Crippen molar-refractivity contribution in [2.45, 2.75) is 32.1 Å². The predicted octanol–water partition coefficient (Wildman–Crippen LogP) is 16.8. The average molecular weight is 804 g/mol. The highest BCUT2D eigenvalue weighted by molar-refractivity contribution is 7.26. The van der Waals surface area contributed by atoms with Crippen molar-refractivity contribution in [3.05, 3.63) is 215 Å². The van der Waals surface area contributed by atoms with E-state index in [-0.39, 0.29) is 5.41 Å². The Balaban J connectivity index is 0.936. The number of allylic oxidation sites excluding steroid dienone is 1. The number of hydrogen-bond donors (Lipinski definition) is 0. The van der Waals surface area contributed by atoms with E-state index in [1.54, 1.807) is 5.57 Å². The van der Waals surface area contributed by atoms with Gasteiger partial charge in [0.1, 0.15) is 0 Å². The van der Waals surface area contributed by atoms with Gasteiger partial charge in [-0.25, -0.2) is 0 Å². The molecule has 0 fully saturated rings. The third kappa shape index (κ3) is 5.50. The Bertz CT molecular complexity index is 3310. The van der Waals surface area contributed by atoms with E-state index in [4.69, 9.17) is 0 Å². The largest absolute Gasteiger partial charge is 0.311 e. The van der Waals surface area contributed by atoms with Crippen molar-refractivity contribution >= 4 is 75.6 Å². The summed E-state index contributed by atoms with van der Waals surface area (Å²) in [4.78, 5) is 3.87. The van der Waals surface area contributed by atoms with Crippen LogP contribution in [-0.2, 0) is 11.8 Å². The van der Waals surface area contributed by atoms with E-state index in [1.807, 2.05) is 22.7 Å². The molecule has 286 valence electrons. The summed E-state index contributed by atoms with van der Waals surface area (Å²) in [5, 5.41) is 4.07. The molecule has 0 atom stereocenters. The van der Waals surface area contributed by atoms with E-state index in [1.165, 1.54) is 90.8 Å². The van der Waals surface area contributed by atoms with Gasteiger partial charge in [-0.3, -0.25) is 0 Å². The Hall–Kier alpha value is -6.52. The Morgan fingerprint density at radius 2 is 0.933 bits per heavy atom. The van der Waals surface area contributed by atoms with E-state index in [0.717, 1.165) is 29.9 Å². The van der Waals surface area contributed by atoms with Crippen LogP contribution in [0.3, 0.4) is 0 Å². The van der Waals surface area contributed by atoms with E-state index in [2.05, 4.69) is 207 Å². The van der Waals surface area contributed by atoms with Gasteiger partial charge in [0.2, 0.25) is 0 Å². The minimum atomic E-state index is 0.0692. The zero-order valence-corrected chi connectivity index (χ0v) is 35.2. The van der Waals surface area contributed by atoms with Crippen LogP contribution in [0.4, 0.5) is 17.1 Å². The van der Waals surface area contributed by atoms with E-state index < -0.39 is 0 Å². The van der Waals surface area contributed by atoms with Gasteiger partial charge in [0.15, 0.2) is 0 Å². The van der Waals surface area contributed by atoms with E-state index in [9.17, 15) is 0 Å². The maximum absolute atomic E-state index is 2.42. The lowest BCUT2D eigenvalue weighted by molar-refractivity contribution is 0.605. The van der Waals surface area contributed by atoms with Crippen LogP contribution in [0.1, 0.15) is 41.8 Å². The molecule has 0 amide bonds. The maximum atomic E-state index is 2.42. The number of thiophene rings is 2. The number of hydrogen-bond acceptors (Lipinski definition) is 3. The summed E-state index contributed by atoms with van der Waals surface area (Å²) < 4.78 is 4.06. The Labute approximate surface area is 359 Å². The van der Waals surface area contributed by atoms with Gasteiger partial charge in [-0.2, -0.15) is 0 Å². The molecule has 60 heavy (non-hydrogen) atoms. The van der Waals surface area contributed by atoms with Crippen molar-refractivity contribution in [3.8, 4) is 33.4 Å². The second kappa shape index (κ2) is 13.8. The monoisotopic (exact) mass is 803 g/mol. The van der Waals surface area contributed by atoms with Crippen LogP contribution in [0.2, 0.25) is 0 Å². The topological polar surface area (TPSA) is 3.24 Å². The van der Waals surface area contributed by atoms with Crippen molar-refractivity contribution < 1.29 is 0 Å². The number of rotatable bonds is 6. The smallest absolute Gasteiger partial charge is 0.0462 e. The molecule has 0 bridgehead atoms. The van der Waals surface area contributed by atoms with Crippen LogP contribution < -0.4 is 4.90 Å². The van der Waals surface area contributed by atoms with Gasteiger partial charge in [-0.1, -0.05) is 165 Å². The summed E-state index contributed by atoms with van der Waals surface area (Å²) in [6, 6.07) is 69.5. The highest BCUT2D eigenvalue weighted by Crippen LogP contribution is 2.56. The SMILES string of the molecule is CC1(C)C2=C(c3ccccc31)c1sc3c(-c4ccc(N(c5ccc(-c6ccccc6)cc5)c5ccc(-c6cccc7c6sc6ccccc67)cc5)cc4)cccc3c1CC2. The second-order valence-electron chi connectivity index (χ2n) is 16.7. The van der Waals surface area contributed by atoms with Gasteiger partial charge in [0.05, 0.1) is 0 Å². The number of aryl methyl sites for hydroxylation is 1. The number of benzene rings is 8. The first-order valence-corrected chi connectivity index (χ1v) is 22.6. The molecule has 0 N–H and O–H groups in total. The highest BCUT2D eigenvalue weighted by atomic mass is 32.1. The van der Waals surface area contributed by atoms with Crippen LogP contribution in [0.5, 0.6) is 0 Å². The molecular weight excluding hydrogens is 763 g/mol. The zero-order chi connectivity index (χ0) is 40.0. The Kier molecular flexibility index (Phi) is 8.13. The van der Waals surface area contributed by atoms with Crippen LogP contribution >= 0.6 is 22.7 Å². The minimum absolute atomic E-state index is 0.0692. The molecule has 2 aliphatic carbocycles. The standard InChI is InChI=1S/C57H41NS2/c1-57(2)50-20-8-6-15-49(50)53-51(57)35-34-48-47-19-11-17-44(55(47)60-56(48)53)39-26-32-42(33-27-39)58(40-28-22-37(23-29-40)36-12-4-3-5-13-36)41-30-24-38(25-31-41)43-16-10-18-46-45-14-7-9-21-52(45)59-54(43)46/h3-33H,34-35H2,1-2H3. The molecular formula is C57H41NS2. The molecule has 0 saturated heterocycles. The molecule has 3 heteroatoms. The third-order valence-corrected chi connectivity index (χ3v) is 15.6. The van der Waals surface area contributed by atoms with Gasteiger partial charge < -0.3 is 4.90 Å². The quantitative estimate of drug-likeness (QED) is 0.162. The van der Waals surface area contributed by atoms with Crippen molar-refractivity contribution in [2.24, 2.45) is 0 Å². The molecule has 2 aliphatic rings. The first kappa shape index (κ1) is 35.4. The summed E-state index contributed by atoms with van der Waals surface area (Å²) in [5.74, 6) is 0. The molecule has 0 aliphatic heterocycles. The number of nitrogens with zero attached hydrogens (tertiary/aromatic N) is 1. The lowest BCUT2D eigenvalue weighted by Crippen LogP contribution is -2.18. The average Bonchev–Trinajstić information content (AvgIpc) is 3.95. The van der Waals surface area contributed by atoms with Gasteiger partial charge in [-0.05, 0) is 116 Å². The first-order chi connectivity index (χ1) is 29.5. The van der Waals surface area contributed by atoms with Crippen molar-refractivity contribution in [1.82, 2.24) is 0 Å². The normalized spacial score (nSPS) is 14.1. The molecule has 0 radical (unpaired) electrons. The lowest BCUT2D eigenvalue weighted by atomic mass is 9.77.